The fourth-order valence-electron chi connectivity index (χ4n) is 2.10. The molecule has 3 rings (SSSR count). The van der Waals surface area contributed by atoms with E-state index in [1.807, 2.05) is 54.8 Å². The van der Waals surface area contributed by atoms with Crippen molar-refractivity contribution in [3.05, 3.63) is 70.1 Å². The number of halogens is 1. The van der Waals surface area contributed by atoms with Crippen molar-refractivity contribution in [2.75, 3.05) is 5.32 Å². The summed E-state index contributed by atoms with van der Waals surface area (Å²) in [6.07, 6.45) is 0. The number of rotatable bonds is 3. The van der Waals surface area contributed by atoms with E-state index in [0.29, 0.717) is 15.7 Å². The zero-order valence-corrected chi connectivity index (χ0v) is 13.4. The average molecular weight is 329 g/mol. The van der Waals surface area contributed by atoms with Crippen molar-refractivity contribution in [2.45, 2.75) is 6.92 Å². The van der Waals surface area contributed by atoms with Gasteiger partial charge >= 0.3 is 0 Å². The first-order valence-corrected chi connectivity index (χ1v) is 7.98. The summed E-state index contributed by atoms with van der Waals surface area (Å²) < 4.78 is 0. The van der Waals surface area contributed by atoms with Crippen molar-refractivity contribution in [2.24, 2.45) is 0 Å². The van der Waals surface area contributed by atoms with Gasteiger partial charge in [0.1, 0.15) is 0 Å². The second-order valence-electron chi connectivity index (χ2n) is 4.82. The molecule has 0 atom stereocenters. The quantitative estimate of drug-likeness (QED) is 0.733. The van der Waals surface area contributed by atoms with E-state index in [-0.39, 0.29) is 5.91 Å². The lowest BCUT2D eigenvalue weighted by molar-refractivity contribution is 0.102. The highest BCUT2D eigenvalue weighted by atomic mass is 35.5. The fourth-order valence-corrected chi connectivity index (χ4v) is 3.01. The standard InChI is InChI=1S/C17H13ClN2OS/c1-11-5-2-3-8-14(11)16(21)20-17-19-15(10-22-17)12-6-4-7-13(18)9-12/h2-10H,1H3,(H,19,20,21). The number of carbonyl (C=O) groups is 1. The number of hydrogen-bond donors (Lipinski definition) is 1. The van der Waals surface area contributed by atoms with E-state index in [1.165, 1.54) is 11.3 Å². The van der Waals surface area contributed by atoms with Crippen LogP contribution in [-0.2, 0) is 0 Å². The number of thiazole rings is 1. The lowest BCUT2D eigenvalue weighted by Crippen LogP contribution is -2.12. The van der Waals surface area contributed by atoms with Gasteiger partial charge in [-0.05, 0) is 30.7 Å². The van der Waals surface area contributed by atoms with Crippen LogP contribution in [0.4, 0.5) is 5.13 Å². The SMILES string of the molecule is Cc1ccccc1C(=O)Nc1nc(-c2cccc(Cl)c2)cs1. The molecule has 3 nitrogen and oxygen atoms in total. The summed E-state index contributed by atoms with van der Waals surface area (Å²) in [6, 6.07) is 15.0. The van der Waals surface area contributed by atoms with Gasteiger partial charge in [0, 0.05) is 21.5 Å². The fraction of sp³-hybridized carbons (Fsp3) is 0.0588. The van der Waals surface area contributed by atoms with Gasteiger partial charge < -0.3 is 0 Å². The van der Waals surface area contributed by atoms with Gasteiger partial charge in [-0.15, -0.1) is 11.3 Å². The third-order valence-corrected chi connectivity index (χ3v) is 4.23. The molecule has 22 heavy (non-hydrogen) atoms. The van der Waals surface area contributed by atoms with Crippen molar-refractivity contribution in [1.82, 2.24) is 4.98 Å². The molecule has 1 heterocycles. The molecule has 0 saturated carbocycles. The monoisotopic (exact) mass is 328 g/mol. The molecule has 110 valence electrons. The van der Waals surface area contributed by atoms with Crippen molar-refractivity contribution >= 4 is 34.0 Å². The molecule has 0 radical (unpaired) electrons. The van der Waals surface area contributed by atoms with E-state index >= 15 is 0 Å². The molecule has 0 aliphatic rings. The highest BCUT2D eigenvalue weighted by Crippen LogP contribution is 2.27. The number of anilines is 1. The Morgan fingerprint density at radius 1 is 1.18 bits per heavy atom. The van der Waals surface area contributed by atoms with Gasteiger partial charge in [-0.2, -0.15) is 0 Å². The Morgan fingerprint density at radius 3 is 2.77 bits per heavy atom. The predicted octanol–water partition coefficient (Wildman–Crippen LogP) is 5.02. The van der Waals surface area contributed by atoms with Crippen LogP contribution in [0.2, 0.25) is 5.02 Å². The molecule has 0 aliphatic carbocycles. The first-order valence-electron chi connectivity index (χ1n) is 6.72. The third kappa shape index (κ3) is 3.18. The summed E-state index contributed by atoms with van der Waals surface area (Å²) in [6.45, 7) is 1.91. The van der Waals surface area contributed by atoms with Gasteiger partial charge in [0.15, 0.2) is 5.13 Å². The van der Waals surface area contributed by atoms with Crippen LogP contribution in [0.25, 0.3) is 11.3 Å². The minimum absolute atomic E-state index is 0.148. The highest BCUT2D eigenvalue weighted by Gasteiger charge is 2.11. The summed E-state index contributed by atoms with van der Waals surface area (Å²) in [5.74, 6) is -0.148. The zero-order valence-electron chi connectivity index (χ0n) is 11.8. The van der Waals surface area contributed by atoms with Gasteiger partial charge in [-0.3, -0.25) is 10.1 Å². The topological polar surface area (TPSA) is 42.0 Å². The Kier molecular flexibility index (Phi) is 4.22. The van der Waals surface area contributed by atoms with Crippen LogP contribution >= 0.6 is 22.9 Å². The first kappa shape index (κ1) is 14.8. The van der Waals surface area contributed by atoms with Gasteiger partial charge in [-0.1, -0.05) is 41.9 Å². The Balaban J connectivity index is 1.80. The van der Waals surface area contributed by atoms with Crippen LogP contribution in [0, 0.1) is 6.92 Å². The summed E-state index contributed by atoms with van der Waals surface area (Å²) >= 11 is 7.38. The molecule has 1 N–H and O–H groups in total. The predicted molar refractivity (Wildman–Crippen MR) is 91.7 cm³/mol. The van der Waals surface area contributed by atoms with E-state index in [9.17, 15) is 4.79 Å². The maximum Gasteiger partial charge on any atom is 0.257 e. The molecular formula is C17H13ClN2OS. The lowest BCUT2D eigenvalue weighted by atomic mass is 10.1. The van der Waals surface area contributed by atoms with Crippen LogP contribution in [0.15, 0.2) is 53.9 Å². The van der Waals surface area contributed by atoms with Crippen LogP contribution in [0.3, 0.4) is 0 Å². The molecule has 2 aromatic carbocycles. The molecule has 0 unspecified atom stereocenters. The average Bonchev–Trinajstić information content (AvgIpc) is 2.96. The Labute approximate surface area is 137 Å². The Morgan fingerprint density at radius 2 is 2.00 bits per heavy atom. The maximum atomic E-state index is 12.3. The van der Waals surface area contributed by atoms with Gasteiger partial charge in [0.05, 0.1) is 5.69 Å². The van der Waals surface area contributed by atoms with Crippen LogP contribution < -0.4 is 5.32 Å². The third-order valence-electron chi connectivity index (χ3n) is 3.23. The molecule has 0 bridgehead atoms. The number of carbonyl (C=O) groups excluding carboxylic acids is 1. The smallest absolute Gasteiger partial charge is 0.257 e. The van der Waals surface area contributed by atoms with Crippen molar-refractivity contribution in [1.29, 1.82) is 0 Å². The minimum Gasteiger partial charge on any atom is -0.298 e. The largest absolute Gasteiger partial charge is 0.298 e. The number of amides is 1. The van der Waals surface area contributed by atoms with Crippen LogP contribution in [-0.4, -0.2) is 10.9 Å². The molecule has 0 fully saturated rings. The summed E-state index contributed by atoms with van der Waals surface area (Å²) in [5.41, 5.74) is 3.32. The molecule has 1 aromatic heterocycles. The molecule has 5 heteroatoms. The maximum absolute atomic E-state index is 12.3. The summed E-state index contributed by atoms with van der Waals surface area (Å²) in [4.78, 5) is 16.7. The van der Waals surface area contributed by atoms with Crippen molar-refractivity contribution < 1.29 is 4.79 Å². The van der Waals surface area contributed by atoms with Crippen molar-refractivity contribution in [3.8, 4) is 11.3 Å². The van der Waals surface area contributed by atoms with E-state index in [1.54, 1.807) is 6.07 Å². The Bertz CT molecular complexity index is 829. The summed E-state index contributed by atoms with van der Waals surface area (Å²) in [7, 11) is 0. The van der Waals surface area contributed by atoms with Crippen LogP contribution in [0.5, 0.6) is 0 Å². The normalized spacial score (nSPS) is 10.5. The molecular weight excluding hydrogens is 316 g/mol. The van der Waals surface area contributed by atoms with Gasteiger partial charge in [0.2, 0.25) is 0 Å². The Hall–Kier alpha value is -2.17. The molecule has 3 aromatic rings. The first-order chi connectivity index (χ1) is 10.6. The van der Waals surface area contributed by atoms with Crippen molar-refractivity contribution in [3.63, 3.8) is 0 Å². The molecule has 1 amide bonds. The van der Waals surface area contributed by atoms with E-state index in [2.05, 4.69) is 10.3 Å². The van der Waals surface area contributed by atoms with E-state index in [0.717, 1.165) is 16.8 Å². The second-order valence-corrected chi connectivity index (χ2v) is 6.11. The zero-order chi connectivity index (χ0) is 15.5. The molecule has 0 aliphatic heterocycles. The number of benzene rings is 2. The molecule has 0 saturated heterocycles. The number of aryl methyl sites for hydroxylation is 1. The number of nitrogens with one attached hydrogen (secondary N) is 1. The highest BCUT2D eigenvalue weighted by molar-refractivity contribution is 7.14. The molecule has 0 spiro atoms. The van der Waals surface area contributed by atoms with Gasteiger partial charge in [0.25, 0.3) is 5.91 Å². The van der Waals surface area contributed by atoms with Crippen LogP contribution in [0.1, 0.15) is 15.9 Å². The summed E-state index contributed by atoms with van der Waals surface area (Å²) in [5, 5.41) is 5.98. The van der Waals surface area contributed by atoms with E-state index < -0.39 is 0 Å². The minimum atomic E-state index is -0.148. The second kappa shape index (κ2) is 6.30. The number of aromatic nitrogens is 1. The number of hydrogen-bond acceptors (Lipinski definition) is 3. The van der Waals surface area contributed by atoms with E-state index in [4.69, 9.17) is 11.6 Å². The lowest BCUT2D eigenvalue weighted by Gasteiger charge is -2.04. The van der Waals surface area contributed by atoms with Gasteiger partial charge in [-0.25, -0.2) is 4.98 Å². The number of nitrogens with zero attached hydrogens (tertiary/aromatic N) is 1.